The average Bonchev–Trinajstić information content (AvgIpc) is 3.88. The number of hydrogen-bond donors (Lipinski definition) is 11. The Morgan fingerprint density at radius 2 is 1.39 bits per heavy atom. The summed E-state index contributed by atoms with van der Waals surface area (Å²) in [5, 5.41) is 44.0. The lowest BCUT2D eigenvalue weighted by Crippen LogP contribution is -2.60. The second-order valence-electron chi connectivity index (χ2n) is 15.9. The highest BCUT2D eigenvalue weighted by atomic mass is 16.4. The van der Waals surface area contributed by atoms with Crippen molar-refractivity contribution in [1.82, 2.24) is 36.8 Å². The molecule has 0 unspecified atom stereocenters. The van der Waals surface area contributed by atoms with E-state index in [-0.39, 0.29) is 69.2 Å². The number of aliphatic carboxylic acids is 2. The average molecular weight is 874 g/mol. The fourth-order valence-corrected chi connectivity index (χ4v) is 7.14. The molecule has 2 saturated heterocycles. The number of primary amides is 1. The Labute approximate surface area is 358 Å². The van der Waals surface area contributed by atoms with Crippen LogP contribution in [0.2, 0.25) is 0 Å². The maximum absolute atomic E-state index is 14.1. The van der Waals surface area contributed by atoms with Crippen molar-refractivity contribution in [2.45, 2.75) is 133 Å². The zero-order valence-electron chi connectivity index (χ0n) is 34.9. The van der Waals surface area contributed by atoms with Crippen LogP contribution < -0.4 is 43.4 Å². The number of nitrogens with one attached hydrogen (secondary N) is 6. The fraction of sp³-hybridized carbons (Fsp3) is 0.600. The van der Waals surface area contributed by atoms with Gasteiger partial charge in [0.1, 0.15) is 48.0 Å². The van der Waals surface area contributed by atoms with Crippen LogP contribution in [0.1, 0.15) is 90.0 Å². The Hall–Kier alpha value is -6.32. The summed E-state index contributed by atoms with van der Waals surface area (Å²) in [5.74, 6) is -9.45. The minimum atomic E-state index is -1.75. The number of nitrogens with zero attached hydrogens (tertiary/aromatic N) is 1. The van der Waals surface area contributed by atoms with E-state index in [0.717, 1.165) is 4.90 Å². The molecule has 0 saturated carbocycles. The Kier molecular flexibility index (Phi) is 19.5. The first-order valence-corrected chi connectivity index (χ1v) is 20.6. The van der Waals surface area contributed by atoms with Gasteiger partial charge in [-0.3, -0.25) is 43.2 Å². The van der Waals surface area contributed by atoms with Gasteiger partial charge in [0.05, 0.1) is 6.42 Å². The molecule has 22 heteroatoms. The quantitative estimate of drug-likeness (QED) is 0.0458. The highest BCUT2D eigenvalue weighted by Gasteiger charge is 2.39. The number of nitrogens with two attached hydrogens (primary N) is 2. The smallest absolute Gasteiger partial charge is 0.326 e. The molecule has 13 N–H and O–H groups in total. The third kappa shape index (κ3) is 15.9. The maximum Gasteiger partial charge on any atom is 0.326 e. The highest BCUT2D eigenvalue weighted by Crippen LogP contribution is 2.20. The summed E-state index contributed by atoms with van der Waals surface area (Å²) in [7, 11) is 0. The zero-order chi connectivity index (χ0) is 46.1. The number of benzene rings is 1. The van der Waals surface area contributed by atoms with Gasteiger partial charge in [-0.25, -0.2) is 4.79 Å². The SMILES string of the molecule is CC(C)C[C@H](NC(=O)[C@@H]1CCC(=O)N1)C(=O)N[C@@H](Cc1ccc(O)cc1)C(=O)N[C@@H](CCC(=O)O)C(=O)N[C@@H](CC(N)=O)C(=O)N[C@@H](CCCCN)C(=O)N1CCC[C@H]1C(=O)O. The Bertz CT molecular complexity index is 1810. The predicted octanol–water partition coefficient (Wildman–Crippen LogP) is -2.37. The van der Waals surface area contributed by atoms with Crippen LogP contribution in [0, 0.1) is 5.92 Å². The number of likely N-dealkylation sites (tertiary alicyclic amines) is 1. The normalized spacial score (nSPS) is 18.3. The fourth-order valence-electron chi connectivity index (χ4n) is 7.14. The van der Waals surface area contributed by atoms with E-state index in [1.54, 1.807) is 13.8 Å². The van der Waals surface area contributed by atoms with Gasteiger partial charge in [-0.1, -0.05) is 26.0 Å². The van der Waals surface area contributed by atoms with Crippen molar-refractivity contribution < 1.29 is 63.3 Å². The van der Waals surface area contributed by atoms with Gasteiger partial charge in [-0.05, 0) is 81.5 Å². The van der Waals surface area contributed by atoms with Crippen LogP contribution in [0.3, 0.4) is 0 Å². The van der Waals surface area contributed by atoms with Crippen molar-refractivity contribution >= 4 is 59.2 Å². The molecule has 8 amide bonds. The molecule has 342 valence electrons. The number of carbonyl (C=O) groups is 10. The van der Waals surface area contributed by atoms with E-state index in [2.05, 4.69) is 31.9 Å². The summed E-state index contributed by atoms with van der Waals surface area (Å²) in [6.45, 7) is 3.97. The van der Waals surface area contributed by atoms with Gasteiger partial charge >= 0.3 is 11.9 Å². The molecule has 0 bridgehead atoms. The number of carboxylic acid groups (broad SMARTS) is 2. The van der Waals surface area contributed by atoms with Crippen molar-refractivity contribution in [1.29, 1.82) is 0 Å². The number of hydrogen-bond acceptors (Lipinski definition) is 12. The summed E-state index contributed by atoms with van der Waals surface area (Å²) in [6.07, 6.45) is -0.321. The molecule has 2 aliphatic rings. The number of phenolic OH excluding ortho intramolecular Hbond substituents is 1. The lowest BCUT2D eigenvalue weighted by molar-refractivity contribution is -0.149. The van der Waals surface area contributed by atoms with Gasteiger partial charge in [0.15, 0.2) is 0 Å². The molecular weight excluding hydrogens is 814 g/mol. The number of aromatic hydroxyl groups is 1. The van der Waals surface area contributed by atoms with Crippen LogP contribution in [0.5, 0.6) is 5.75 Å². The maximum atomic E-state index is 14.1. The molecule has 2 fully saturated rings. The molecule has 1 aromatic carbocycles. The molecule has 2 aliphatic heterocycles. The molecular formula is C40H59N9O13. The molecule has 1 aromatic rings. The Balaban J connectivity index is 1.89. The zero-order valence-corrected chi connectivity index (χ0v) is 34.9. The molecule has 7 atom stereocenters. The topological polar surface area (TPSA) is 359 Å². The summed E-state index contributed by atoms with van der Waals surface area (Å²) >= 11 is 0. The highest BCUT2D eigenvalue weighted by molar-refractivity contribution is 5.99. The molecule has 0 radical (unpaired) electrons. The Morgan fingerprint density at radius 3 is 1.97 bits per heavy atom. The Morgan fingerprint density at radius 1 is 0.790 bits per heavy atom. The van der Waals surface area contributed by atoms with Crippen LogP contribution in [-0.4, -0.2) is 135 Å². The minimum absolute atomic E-state index is 0.0339. The van der Waals surface area contributed by atoms with Crippen molar-refractivity contribution in [2.24, 2.45) is 17.4 Å². The van der Waals surface area contributed by atoms with Crippen molar-refractivity contribution in [3.63, 3.8) is 0 Å². The van der Waals surface area contributed by atoms with E-state index in [9.17, 15) is 63.3 Å². The van der Waals surface area contributed by atoms with E-state index in [0.29, 0.717) is 24.8 Å². The number of amides is 8. The summed E-state index contributed by atoms with van der Waals surface area (Å²) in [4.78, 5) is 131. The third-order valence-corrected chi connectivity index (χ3v) is 10.4. The van der Waals surface area contributed by atoms with E-state index in [4.69, 9.17) is 11.5 Å². The lowest BCUT2D eigenvalue weighted by Gasteiger charge is -2.29. The van der Waals surface area contributed by atoms with Gasteiger partial charge in [-0.2, -0.15) is 0 Å². The summed E-state index contributed by atoms with van der Waals surface area (Å²) in [6, 6.07) is -3.76. The first kappa shape index (κ1) is 50.0. The third-order valence-electron chi connectivity index (χ3n) is 10.4. The monoisotopic (exact) mass is 873 g/mol. The number of carboxylic acids is 2. The molecule has 2 heterocycles. The largest absolute Gasteiger partial charge is 0.508 e. The first-order chi connectivity index (χ1) is 29.3. The lowest BCUT2D eigenvalue weighted by atomic mass is 10.00. The minimum Gasteiger partial charge on any atom is -0.508 e. The van der Waals surface area contributed by atoms with Crippen LogP contribution >= 0.6 is 0 Å². The second kappa shape index (κ2) is 24.2. The number of phenols is 1. The molecule has 0 aromatic heterocycles. The molecule has 3 rings (SSSR count). The number of rotatable bonds is 25. The van der Waals surface area contributed by atoms with Crippen molar-refractivity contribution in [2.75, 3.05) is 13.1 Å². The molecule has 62 heavy (non-hydrogen) atoms. The number of carbonyl (C=O) groups excluding carboxylic acids is 8. The van der Waals surface area contributed by atoms with Crippen molar-refractivity contribution in [3.8, 4) is 5.75 Å². The summed E-state index contributed by atoms with van der Waals surface area (Å²) < 4.78 is 0. The number of unbranched alkanes of at least 4 members (excludes halogenated alkanes) is 1. The van der Waals surface area contributed by atoms with Gasteiger partial charge in [-0.15, -0.1) is 0 Å². The second-order valence-corrected chi connectivity index (χ2v) is 15.9. The predicted molar refractivity (Wildman–Crippen MR) is 218 cm³/mol. The van der Waals surface area contributed by atoms with Crippen LogP contribution in [0.25, 0.3) is 0 Å². The van der Waals surface area contributed by atoms with Crippen LogP contribution in [0.4, 0.5) is 0 Å². The van der Waals surface area contributed by atoms with Gasteiger partial charge in [0, 0.05) is 25.8 Å². The van der Waals surface area contributed by atoms with Crippen LogP contribution in [-0.2, 0) is 54.4 Å². The standard InChI is InChI=1S/C40H59N9O13/c1-21(2)18-27(46-34(55)24-12-14-32(52)43-24)36(57)47-28(19-22-8-10-23(50)11-9-22)37(58)44-25(13-15-33(53)54)35(56)48-29(20-31(42)51)38(59)45-26(6-3-4-16-41)39(60)49-17-5-7-30(49)40(61)62/h8-11,21,24-30,50H,3-7,12-20,41H2,1-2H3,(H2,42,51)(H,43,52)(H,44,58)(H,45,59)(H,46,55)(H,47,57)(H,48,56)(H,53,54)(H,61,62)/t24-,25-,26-,27-,28-,29-,30-/m0/s1. The van der Waals surface area contributed by atoms with Gasteiger partial charge in [0.25, 0.3) is 0 Å². The van der Waals surface area contributed by atoms with Crippen molar-refractivity contribution in [3.05, 3.63) is 29.8 Å². The van der Waals surface area contributed by atoms with Gasteiger partial charge < -0.3 is 63.6 Å². The molecule has 0 spiro atoms. The van der Waals surface area contributed by atoms with E-state index >= 15 is 0 Å². The van der Waals surface area contributed by atoms with Crippen LogP contribution in [0.15, 0.2) is 24.3 Å². The summed E-state index contributed by atoms with van der Waals surface area (Å²) in [5.41, 5.74) is 11.5. The first-order valence-electron chi connectivity index (χ1n) is 20.6. The van der Waals surface area contributed by atoms with E-state index in [1.807, 2.05) is 0 Å². The van der Waals surface area contributed by atoms with E-state index < -0.39 is 115 Å². The van der Waals surface area contributed by atoms with E-state index in [1.165, 1.54) is 24.3 Å². The molecule has 22 nitrogen and oxygen atoms in total. The van der Waals surface area contributed by atoms with Gasteiger partial charge in [0.2, 0.25) is 47.3 Å². The molecule has 0 aliphatic carbocycles.